The fraction of sp³-hybridized carbons (Fsp3) is 0.222. The van der Waals surface area contributed by atoms with E-state index in [9.17, 15) is 31.5 Å². The topological polar surface area (TPSA) is 49.4 Å². The lowest BCUT2D eigenvalue weighted by Crippen LogP contribution is -2.43. The Morgan fingerprint density at radius 1 is 0.929 bits per heavy atom. The van der Waals surface area contributed by atoms with Gasteiger partial charge in [0.25, 0.3) is 5.91 Å². The average Bonchev–Trinajstić information content (AvgIpc) is 2.93. The van der Waals surface area contributed by atoms with Crippen molar-refractivity contribution in [3.05, 3.63) is 69.5 Å². The SMILES string of the molecule is CC[C@@]1(c2ccc(Cl)cc2)NC(=O)N(Cc2c(F)c(F)c(F)c(F)c2F)C1=O. The summed E-state index contributed by atoms with van der Waals surface area (Å²) in [5, 5.41) is 2.82. The van der Waals surface area contributed by atoms with E-state index in [4.69, 9.17) is 11.6 Å². The smallest absolute Gasteiger partial charge is 0.319 e. The third-order valence-electron chi connectivity index (χ3n) is 4.66. The van der Waals surface area contributed by atoms with Crippen molar-refractivity contribution in [1.82, 2.24) is 10.2 Å². The first-order valence-corrected chi connectivity index (χ1v) is 8.42. The van der Waals surface area contributed by atoms with E-state index in [2.05, 4.69) is 5.32 Å². The zero-order valence-electron chi connectivity index (χ0n) is 14.3. The zero-order valence-corrected chi connectivity index (χ0v) is 15.0. The van der Waals surface area contributed by atoms with Crippen LogP contribution in [0.5, 0.6) is 0 Å². The molecule has 0 bridgehead atoms. The van der Waals surface area contributed by atoms with Gasteiger partial charge < -0.3 is 5.32 Å². The number of nitrogens with one attached hydrogen (secondary N) is 1. The molecule has 2 aromatic carbocycles. The molecule has 1 heterocycles. The summed E-state index contributed by atoms with van der Waals surface area (Å²) in [6, 6.07) is 4.93. The lowest BCUT2D eigenvalue weighted by atomic mass is 9.87. The summed E-state index contributed by atoms with van der Waals surface area (Å²) >= 11 is 5.82. The molecule has 0 saturated carbocycles. The number of hydrogen-bond acceptors (Lipinski definition) is 2. The summed E-state index contributed by atoms with van der Waals surface area (Å²) in [6.07, 6.45) is 0.0762. The van der Waals surface area contributed by atoms with Gasteiger partial charge in [-0.2, -0.15) is 0 Å². The first-order valence-electron chi connectivity index (χ1n) is 8.04. The second-order valence-corrected chi connectivity index (χ2v) is 6.57. The molecule has 1 aliphatic rings. The van der Waals surface area contributed by atoms with E-state index in [-0.39, 0.29) is 6.42 Å². The van der Waals surface area contributed by atoms with E-state index in [1.807, 2.05) is 0 Å². The Kier molecular flexibility index (Phi) is 5.05. The number of imide groups is 1. The number of carbonyl (C=O) groups is 2. The van der Waals surface area contributed by atoms with Crippen LogP contribution in [0.1, 0.15) is 24.5 Å². The zero-order chi connectivity index (χ0) is 20.8. The molecule has 0 spiro atoms. The molecule has 1 N–H and O–H groups in total. The lowest BCUT2D eigenvalue weighted by Gasteiger charge is -2.26. The number of nitrogens with zero attached hydrogens (tertiary/aromatic N) is 1. The summed E-state index contributed by atoms with van der Waals surface area (Å²) in [5.74, 6) is -11.7. The second-order valence-electron chi connectivity index (χ2n) is 6.14. The highest BCUT2D eigenvalue weighted by Gasteiger charge is 2.51. The minimum absolute atomic E-state index is 0.0762. The Morgan fingerprint density at radius 3 is 1.93 bits per heavy atom. The lowest BCUT2D eigenvalue weighted by molar-refractivity contribution is -0.132. The minimum Gasteiger partial charge on any atom is -0.319 e. The fourth-order valence-electron chi connectivity index (χ4n) is 3.09. The quantitative estimate of drug-likeness (QED) is 0.346. The van der Waals surface area contributed by atoms with Gasteiger partial charge in [0.15, 0.2) is 23.3 Å². The van der Waals surface area contributed by atoms with Crippen molar-refractivity contribution in [3.63, 3.8) is 0 Å². The molecule has 0 aromatic heterocycles. The maximum atomic E-state index is 13.9. The molecule has 0 radical (unpaired) electrons. The summed E-state index contributed by atoms with van der Waals surface area (Å²) in [4.78, 5) is 25.7. The average molecular weight is 419 g/mol. The summed E-state index contributed by atoms with van der Waals surface area (Å²) in [7, 11) is 0. The Bertz CT molecular complexity index is 954. The third-order valence-corrected chi connectivity index (χ3v) is 4.91. The van der Waals surface area contributed by atoms with Crippen LogP contribution >= 0.6 is 11.6 Å². The summed E-state index contributed by atoms with van der Waals surface area (Å²) in [5.41, 5.74) is -2.47. The van der Waals surface area contributed by atoms with E-state index in [0.717, 1.165) is 0 Å². The van der Waals surface area contributed by atoms with Crippen molar-refractivity contribution in [2.75, 3.05) is 0 Å². The number of urea groups is 1. The van der Waals surface area contributed by atoms with Gasteiger partial charge in [0.2, 0.25) is 5.82 Å². The molecule has 10 heteroatoms. The number of benzene rings is 2. The third kappa shape index (κ3) is 2.90. The second kappa shape index (κ2) is 7.05. The highest BCUT2D eigenvalue weighted by molar-refractivity contribution is 6.30. The first-order chi connectivity index (χ1) is 13.1. The van der Waals surface area contributed by atoms with E-state index < -0.39 is 58.7 Å². The highest BCUT2D eigenvalue weighted by atomic mass is 35.5. The van der Waals surface area contributed by atoms with Gasteiger partial charge in [-0.15, -0.1) is 0 Å². The molecule has 28 heavy (non-hydrogen) atoms. The first kappa shape index (κ1) is 20.1. The van der Waals surface area contributed by atoms with Gasteiger partial charge >= 0.3 is 6.03 Å². The molecule has 148 valence electrons. The van der Waals surface area contributed by atoms with Crippen LogP contribution < -0.4 is 5.32 Å². The van der Waals surface area contributed by atoms with Crippen molar-refractivity contribution in [2.45, 2.75) is 25.4 Å². The molecule has 0 aliphatic carbocycles. The van der Waals surface area contributed by atoms with Gasteiger partial charge in [-0.1, -0.05) is 30.7 Å². The number of halogens is 6. The normalized spacial score (nSPS) is 19.3. The predicted molar refractivity (Wildman–Crippen MR) is 88.7 cm³/mol. The Morgan fingerprint density at radius 2 is 1.43 bits per heavy atom. The molecule has 3 rings (SSSR count). The van der Waals surface area contributed by atoms with E-state index in [1.165, 1.54) is 24.3 Å². The molecule has 1 saturated heterocycles. The van der Waals surface area contributed by atoms with Crippen LogP contribution in [0.4, 0.5) is 26.7 Å². The number of hydrogen-bond donors (Lipinski definition) is 1. The van der Waals surface area contributed by atoms with E-state index in [1.54, 1.807) is 6.92 Å². The van der Waals surface area contributed by atoms with Gasteiger partial charge in [-0.05, 0) is 24.1 Å². The minimum atomic E-state index is -2.32. The molecule has 0 unspecified atom stereocenters. The molecule has 2 aromatic rings. The Labute approximate surface area is 160 Å². The Hall–Kier alpha value is -2.68. The van der Waals surface area contributed by atoms with Gasteiger partial charge in [0.1, 0.15) is 5.54 Å². The molecule has 1 fully saturated rings. The largest absolute Gasteiger partial charge is 0.325 e. The molecule has 3 amide bonds. The van der Waals surface area contributed by atoms with Crippen LogP contribution in [0, 0.1) is 29.1 Å². The number of carbonyl (C=O) groups excluding carboxylic acids is 2. The monoisotopic (exact) mass is 418 g/mol. The van der Waals surface area contributed by atoms with Gasteiger partial charge in [0.05, 0.1) is 6.54 Å². The van der Waals surface area contributed by atoms with Crippen molar-refractivity contribution >= 4 is 23.5 Å². The van der Waals surface area contributed by atoms with Gasteiger partial charge in [-0.3, -0.25) is 9.69 Å². The van der Waals surface area contributed by atoms with Crippen LogP contribution in [0.3, 0.4) is 0 Å². The van der Waals surface area contributed by atoms with Gasteiger partial charge in [0, 0.05) is 10.6 Å². The highest BCUT2D eigenvalue weighted by Crippen LogP contribution is 2.35. The van der Waals surface area contributed by atoms with Crippen LogP contribution in [-0.2, 0) is 16.9 Å². The van der Waals surface area contributed by atoms with Crippen LogP contribution in [0.2, 0.25) is 5.02 Å². The summed E-state index contributed by atoms with van der Waals surface area (Å²) in [6.45, 7) is 0.473. The van der Waals surface area contributed by atoms with Gasteiger partial charge in [-0.25, -0.2) is 26.7 Å². The van der Waals surface area contributed by atoms with E-state index in [0.29, 0.717) is 15.5 Å². The molecular formula is C18H12ClF5N2O2. The maximum absolute atomic E-state index is 13.9. The van der Waals surface area contributed by atoms with Crippen LogP contribution in [0.15, 0.2) is 24.3 Å². The standard InChI is InChI=1S/C18H12ClF5N2O2/c1-2-18(8-3-5-9(19)6-4-8)16(27)26(17(28)25-18)7-10-11(20)13(22)15(24)14(23)12(10)21/h3-6H,2,7H2,1H3,(H,25,28)/t18-/m0/s1. The number of amides is 3. The van der Waals surface area contributed by atoms with Crippen molar-refractivity contribution in [3.8, 4) is 0 Å². The predicted octanol–water partition coefficient (Wildman–Crippen LogP) is 4.39. The van der Waals surface area contributed by atoms with Crippen LogP contribution in [0.25, 0.3) is 0 Å². The maximum Gasteiger partial charge on any atom is 0.325 e. The molecular weight excluding hydrogens is 407 g/mol. The fourth-order valence-corrected chi connectivity index (χ4v) is 3.22. The molecule has 1 aliphatic heterocycles. The van der Waals surface area contributed by atoms with Crippen molar-refractivity contribution < 1.29 is 31.5 Å². The molecule has 1 atom stereocenters. The van der Waals surface area contributed by atoms with Crippen molar-refractivity contribution in [2.24, 2.45) is 0 Å². The van der Waals surface area contributed by atoms with Crippen molar-refractivity contribution in [1.29, 1.82) is 0 Å². The summed E-state index contributed by atoms with van der Waals surface area (Å²) < 4.78 is 67.9. The van der Waals surface area contributed by atoms with E-state index >= 15 is 0 Å². The Balaban J connectivity index is 2.03. The van der Waals surface area contributed by atoms with Crippen LogP contribution in [-0.4, -0.2) is 16.8 Å². The molecule has 4 nitrogen and oxygen atoms in total. The number of rotatable bonds is 4.